The zero-order valence-corrected chi connectivity index (χ0v) is 7.07. The van der Waals surface area contributed by atoms with Gasteiger partial charge in [0.15, 0.2) is 0 Å². The van der Waals surface area contributed by atoms with Crippen molar-refractivity contribution in [3.63, 3.8) is 0 Å². The number of ether oxygens (including phenoxy) is 1. The summed E-state index contributed by atoms with van der Waals surface area (Å²) >= 11 is 0. The van der Waals surface area contributed by atoms with E-state index in [0.29, 0.717) is 5.56 Å². The number of nitrogens with zero attached hydrogens (tertiary/aromatic N) is 1. The number of amidine groups is 1. The largest absolute Gasteiger partial charge is 0.465 e. The van der Waals surface area contributed by atoms with Crippen LogP contribution in [0.5, 0.6) is 0 Å². The summed E-state index contributed by atoms with van der Waals surface area (Å²) in [4.78, 5) is 14.8. The SMILES string of the molecule is COC(=O)c1ccnc(C(=N)N)c1. The van der Waals surface area contributed by atoms with Crippen molar-refractivity contribution in [1.82, 2.24) is 4.98 Å². The number of nitrogens with one attached hydrogen (secondary N) is 1. The van der Waals surface area contributed by atoms with Gasteiger partial charge < -0.3 is 10.5 Å². The molecule has 68 valence electrons. The average Bonchev–Trinajstić information content (AvgIpc) is 2.17. The van der Waals surface area contributed by atoms with Gasteiger partial charge in [-0.2, -0.15) is 0 Å². The fraction of sp³-hybridized carbons (Fsp3) is 0.125. The van der Waals surface area contributed by atoms with Crippen LogP contribution in [0.2, 0.25) is 0 Å². The molecule has 1 aromatic rings. The average molecular weight is 179 g/mol. The molecule has 1 aromatic heterocycles. The molecule has 1 heterocycles. The maximum atomic E-state index is 11.0. The van der Waals surface area contributed by atoms with Crippen LogP contribution in [-0.4, -0.2) is 23.9 Å². The van der Waals surface area contributed by atoms with Crippen LogP contribution in [0, 0.1) is 5.41 Å². The number of rotatable bonds is 2. The second-order valence-corrected chi connectivity index (χ2v) is 2.34. The summed E-state index contributed by atoms with van der Waals surface area (Å²) in [5, 5.41) is 7.09. The molecule has 13 heavy (non-hydrogen) atoms. The van der Waals surface area contributed by atoms with Gasteiger partial charge in [0.1, 0.15) is 11.5 Å². The highest BCUT2D eigenvalue weighted by atomic mass is 16.5. The summed E-state index contributed by atoms with van der Waals surface area (Å²) in [7, 11) is 1.29. The Morgan fingerprint density at radius 3 is 2.92 bits per heavy atom. The van der Waals surface area contributed by atoms with E-state index in [0.717, 1.165) is 0 Å². The normalized spacial score (nSPS) is 9.31. The van der Waals surface area contributed by atoms with Crippen molar-refractivity contribution in [2.24, 2.45) is 5.73 Å². The van der Waals surface area contributed by atoms with Crippen LogP contribution < -0.4 is 5.73 Å². The molecule has 0 saturated carbocycles. The lowest BCUT2D eigenvalue weighted by atomic mass is 10.2. The van der Waals surface area contributed by atoms with Crippen LogP contribution in [-0.2, 0) is 4.74 Å². The molecule has 0 aromatic carbocycles. The van der Waals surface area contributed by atoms with Gasteiger partial charge in [0.2, 0.25) is 0 Å². The molecule has 0 aliphatic carbocycles. The number of carbonyl (C=O) groups excluding carboxylic acids is 1. The minimum absolute atomic E-state index is 0.175. The van der Waals surface area contributed by atoms with Crippen LogP contribution in [0.25, 0.3) is 0 Å². The Kier molecular flexibility index (Phi) is 2.59. The van der Waals surface area contributed by atoms with Crippen molar-refractivity contribution in [3.8, 4) is 0 Å². The second-order valence-electron chi connectivity index (χ2n) is 2.34. The van der Waals surface area contributed by atoms with E-state index in [-0.39, 0.29) is 11.5 Å². The minimum atomic E-state index is -0.468. The van der Waals surface area contributed by atoms with E-state index >= 15 is 0 Å². The first kappa shape index (κ1) is 9.18. The van der Waals surface area contributed by atoms with Gasteiger partial charge in [-0.3, -0.25) is 10.4 Å². The summed E-state index contributed by atoms with van der Waals surface area (Å²) < 4.78 is 4.49. The van der Waals surface area contributed by atoms with Gasteiger partial charge in [0, 0.05) is 6.20 Å². The molecular formula is C8H9N3O2. The maximum Gasteiger partial charge on any atom is 0.337 e. The van der Waals surface area contributed by atoms with Crippen LogP contribution in [0.3, 0.4) is 0 Å². The Balaban J connectivity index is 3.05. The smallest absolute Gasteiger partial charge is 0.337 e. The Hall–Kier alpha value is -1.91. The lowest BCUT2D eigenvalue weighted by Gasteiger charge is -2.00. The lowest BCUT2D eigenvalue weighted by Crippen LogP contribution is -2.14. The highest BCUT2D eigenvalue weighted by molar-refractivity contribution is 5.96. The van der Waals surface area contributed by atoms with Gasteiger partial charge in [-0.1, -0.05) is 0 Å². The molecule has 5 heteroatoms. The molecule has 0 aliphatic rings. The zero-order chi connectivity index (χ0) is 9.84. The van der Waals surface area contributed by atoms with Crippen molar-refractivity contribution in [2.45, 2.75) is 0 Å². The number of nitrogens with two attached hydrogens (primary N) is 1. The predicted molar refractivity (Wildman–Crippen MR) is 46.6 cm³/mol. The van der Waals surface area contributed by atoms with Gasteiger partial charge >= 0.3 is 5.97 Å². The lowest BCUT2D eigenvalue weighted by molar-refractivity contribution is 0.0600. The molecule has 0 unspecified atom stereocenters. The quantitative estimate of drug-likeness (QED) is 0.384. The third-order valence-electron chi connectivity index (χ3n) is 1.46. The van der Waals surface area contributed by atoms with E-state index in [1.54, 1.807) is 0 Å². The fourth-order valence-corrected chi connectivity index (χ4v) is 0.823. The van der Waals surface area contributed by atoms with E-state index in [2.05, 4.69) is 9.72 Å². The number of hydrogen-bond donors (Lipinski definition) is 2. The molecule has 0 aliphatic heterocycles. The topological polar surface area (TPSA) is 89.1 Å². The number of carbonyl (C=O) groups is 1. The Morgan fingerprint density at radius 2 is 2.38 bits per heavy atom. The standard InChI is InChI=1S/C8H9N3O2/c1-13-8(12)5-2-3-11-6(4-5)7(9)10/h2-4H,1H3,(H3,9,10). The third kappa shape index (κ3) is 2.02. The summed E-state index contributed by atoms with van der Waals surface area (Å²) in [5.74, 6) is -0.643. The number of aromatic nitrogens is 1. The van der Waals surface area contributed by atoms with Crippen molar-refractivity contribution in [3.05, 3.63) is 29.6 Å². The van der Waals surface area contributed by atoms with E-state index in [1.165, 1.54) is 25.4 Å². The molecule has 0 atom stereocenters. The Bertz CT molecular complexity index is 349. The number of pyridine rings is 1. The van der Waals surface area contributed by atoms with E-state index in [1.807, 2.05) is 0 Å². The number of methoxy groups -OCH3 is 1. The minimum Gasteiger partial charge on any atom is -0.465 e. The fourth-order valence-electron chi connectivity index (χ4n) is 0.823. The summed E-state index contributed by atoms with van der Waals surface area (Å²) in [6.07, 6.45) is 1.41. The van der Waals surface area contributed by atoms with E-state index in [4.69, 9.17) is 11.1 Å². The number of esters is 1. The maximum absolute atomic E-state index is 11.0. The molecule has 3 N–H and O–H groups in total. The van der Waals surface area contributed by atoms with Crippen molar-refractivity contribution >= 4 is 11.8 Å². The van der Waals surface area contributed by atoms with Crippen molar-refractivity contribution in [2.75, 3.05) is 7.11 Å². The van der Waals surface area contributed by atoms with Gasteiger partial charge in [0.05, 0.1) is 12.7 Å². The number of nitrogen functional groups attached to an aromatic ring is 1. The van der Waals surface area contributed by atoms with Crippen LogP contribution in [0.15, 0.2) is 18.3 Å². The first-order valence-corrected chi connectivity index (χ1v) is 3.54. The summed E-state index contributed by atoms with van der Waals surface area (Å²) in [5.41, 5.74) is 5.80. The predicted octanol–water partition coefficient (Wildman–Crippen LogP) is 0.152. The van der Waals surface area contributed by atoms with Crippen molar-refractivity contribution in [1.29, 1.82) is 5.41 Å². The molecule has 0 radical (unpaired) electrons. The molecule has 0 fully saturated rings. The van der Waals surface area contributed by atoms with Gasteiger partial charge in [0.25, 0.3) is 0 Å². The zero-order valence-electron chi connectivity index (χ0n) is 7.07. The van der Waals surface area contributed by atoms with Gasteiger partial charge in [-0.25, -0.2) is 4.79 Å². The highest BCUT2D eigenvalue weighted by Gasteiger charge is 2.07. The van der Waals surface area contributed by atoms with E-state index in [9.17, 15) is 4.79 Å². The second kappa shape index (κ2) is 3.66. The van der Waals surface area contributed by atoms with Gasteiger partial charge in [-0.15, -0.1) is 0 Å². The first-order valence-electron chi connectivity index (χ1n) is 3.54. The summed E-state index contributed by atoms with van der Waals surface area (Å²) in [6.45, 7) is 0. The molecule has 0 amide bonds. The first-order chi connectivity index (χ1) is 6.15. The highest BCUT2D eigenvalue weighted by Crippen LogP contribution is 2.02. The molecular weight excluding hydrogens is 170 g/mol. The number of hydrogen-bond acceptors (Lipinski definition) is 4. The molecule has 0 bridgehead atoms. The third-order valence-corrected chi connectivity index (χ3v) is 1.46. The van der Waals surface area contributed by atoms with E-state index < -0.39 is 5.97 Å². The van der Waals surface area contributed by atoms with Gasteiger partial charge in [-0.05, 0) is 12.1 Å². The Labute approximate surface area is 75.0 Å². The van der Waals surface area contributed by atoms with Crippen LogP contribution in [0.1, 0.15) is 16.1 Å². The van der Waals surface area contributed by atoms with Crippen molar-refractivity contribution < 1.29 is 9.53 Å². The Morgan fingerprint density at radius 1 is 1.69 bits per heavy atom. The van der Waals surface area contributed by atoms with Crippen LogP contribution >= 0.6 is 0 Å². The monoisotopic (exact) mass is 179 g/mol. The molecule has 1 rings (SSSR count). The summed E-state index contributed by atoms with van der Waals surface area (Å²) in [6, 6.07) is 2.91. The molecule has 0 spiro atoms. The van der Waals surface area contributed by atoms with Crippen LogP contribution in [0.4, 0.5) is 0 Å². The molecule has 5 nitrogen and oxygen atoms in total. The molecule has 0 saturated heterocycles.